The average molecular weight is 412 g/mol. The van der Waals surface area contributed by atoms with E-state index in [1.807, 2.05) is 31.2 Å². The van der Waals surface area contributed by atoms with Gasteiger partial charge in [0.15, 0.2) is 0 Å². The van der Waals surface area contributed by atoms with Crippen molar-refractivity contribution in [2.75, 3.05) is 7.11 Å². The van der Waals surface area contributed by atoms with Crippen LogP contribution in [-0.2, 0) is 4.74 Å². The lowest BCUT2D eigenvalue weighted by atomic mass is 9.99. The zero-order valence-electron chi connectivity index (χ0n) is 14.5. The number of hydrogen-bond donors (Lipinski definition) is 1. The van der Waals surface area contributed by atoms with E-state index in [-0.39, 0.29) is 11.9 Å². The number of benzene rings is 3. The van der Waals surface area contributed by atoms with Gasteiger partial charge in [-0.05, 0) is 57.4 Å². The van der Waals surface area contributed by atoms with Crippen molar-refractivity contribution in [2.24, 2.45) is 0 Å². The number of hydrogen-bond acceptors (Lipinski definition) is 3. The van der Waals surface area contributed by atoms with E-state index in [9.17, 15) is 9.59 Å². The minimum absolute atomic E-state index is 0.160. The van der Waals surface area contributed by atoms with E-state index in [0.29, 0.717) is 15.6 Å². The molecule has 1 N–H and O–H groups in total. The number of amides is 1. The van der Waals surface area contributed by atoms with E-state index in [0.717, 1.165) is 16.3 Å². The Balaban J connectivity index is 1.83. The van der Waals surface area contributed by atoms with Crippen molar-refractivity contribution in [2.45, 2.75) is 13.0 Å². The molecule has 0 bridgehead atoms. The number of fused-ring (bicyclic) bond motifs is 1. The molecule has 132 valence electrons. The van der Waals surface area contributed by atoms with E-state index in [1.54, 1.807) is 18.2 Å². The molecule has 0 spiro atoms. The summed E-state index contributed by atoms with van der Waals surface area (Å²) in [5.74, 6) is -0.657. The normalized spacial score (nSPS) is 11.8. The quantitative estimate of drug-likeness (QED) is 0.622. The topological polar surface area (TPSA) is 55.4 Å². The largest absolute Gasteiger partial charge is 0.465 e. The second kappa shape index (κ2) is 7.70. The smallest absolute Gasteiger partial charge is 0.339 e. The molecule has 0 radical (unpaired) electrons. The van der Waals surface area contributed by atoms with E-state index in [2.05, 4.69) is 39.4 Å². The third-order valence-electron chi connectivity index (χ3n) is 4.27. The molecule has 26 heavy (non-hydrogen) atoms. The first-order valence-electron chi connectivity index (χ1n) is 8.17. The van der Waals surface area contributed by atoms with Crippen molar-refractivity contribution >= 4 is 38.6 Å². The lowest BCUT2D eigenvalue weighted by Crippen LogP contribution is -2.26. The first kappa shape index (κ1) is 18.1. The van der Waals surface area contributed by atoms with Gasteiger partial charge in [0.1, 0.15) is 0 Å². The third kappa shape index (κ3) is 3.63. The van der Waals surface area contributed by atoms with Gasteiger partial charge in [0.05, 0.1) is 18.7 Å². The lowest BCUT2D eigenvalue weighted by Gasteiger charge is -2.17. The summed E-state index contributed by atoms with van der Waals surface area (Å²) in [4.78, 5) is 24.3. The van der Waals surface area contributed by atoms with Crippen LogP contribution in [-0.4, -0.2) is 19.0 Å². The number of carbonyl (C=O) groups excluding carboxylic acids is 2. The summed E-state index contributed by atoms with van der Waals surface area (Å²) in [6.07, 6.45) is 0. The summed E-state index contributed by atoms with van der Waals surface area (Å²) in [5.41, 5.74) is 1.91. The fourth-order valence-electron chi connectivity index (χ4n) is 2.92. The zero-order chi connectivity index (χ0) is 18.7. The van der Waals surface area contributed by atoms with Crippen LogP contribution in [0.1, 0.15) is 39.2 Å². The summed E-state index contributed by atoms with van der Waals surface area (Å²) < 4.78 is 5.23. The van der Waals surface area contributed by atoms with E-state index in [4.69, 9.17) is 4.74 Å². The van der Waals surface area contributed by atoms with Gasteiger partial charge in [-0.2, -0.15) is 0 Å². The molecule has 0 aliphatic heterocycles. The molecule has 0 aromatic heterocycles. The van der Waals surface area contributed by atoms with Gasteiger partial charge < -0.3 is 10.1 Å². The number of methoxy groups -OCH3 is 1. The molecule has 3 aromatic rings. The average Bonchev–Trinajstić information content (AvgIpc) is 2.66. The van der Waals surface area contributed by atoms with Crippen LogP contribution in [0.2, 0.25) is 0 Å². The van der Waals surface area contributed by atoms with Crippen LogP contribution in [0.4, 0.5) is 0 Å². The van der Waals surface area contributed by atoms with Crippen LogP contribution >= 0.6 is 15.9 Å². The molecule has 4 nitrogen and oxygen atoms in total. The molecule has 3 aromatic carbocycles. The van der Waals surface area contributed by atoms with Gasteiger partial charge in [-0.3, -0.25) is 4.79 Å². The van der Waals surface area contributed by atoms with E-state index < -0.39 is 5.97 Å². The molecule has 0 saturated carbocycles. The summed E-state index contributed by atoms with van der Waals surface area (Å²) in [6.45, 7) is 1.96. The minimum atomic E-state index is -0.451. The number of rotatable bonds is 4. The molecule has 0 fully saturated rings. The predicted octanol–water partition coefficient (Wildman–Crippen LogP) is 4.88. The highest BCUT2D eigenvalue weighted by Crippen LogP contribution is 2.25. The SMILES string of the molecule is COC(=O)c1ccc(C(=O)N[C@H](C)c2cccc3ccccc23)cc1Br. The Morgan fingerprint density at radius 3 is 2.50 bits per heavy atom. The van der Waals surface area contributed by atoms with E-state index in [1.165, 1.54) is 7.11 Å². The van der Waals surface area contributed by atoms with Gasteiger partial charge in [0.2, 0.25) is 0 Å². The van der Waals surface area contributed by atoms with Crippen molar-refractivity contribution in [3.63, 3.8) is 0 Å². The summed E-state index contributed by atoms with van der Waals surface area (Å²) in [6, 6.07) is 18.8. The van der Waals surface area contributed by atoms with Crippen molar-refractivity contribution < 1.29 is 14.3 Å². The van der Waals surface area contributed by atoms with E-state index >= 15 is 0 Å². The highest BCUT2D eigenvalue weighted by molar-refractivity contribution is 9.10. The van der Waals surface area contributed by atoms with Crippen LogP contribution in [0, 0.1) is 0 Å². The second-order valence-corrected chi connectivity index (χ2v) is 6.80. The molecule has 5 heteroatoms. The first-order chi connectivity index (χ1) is 12.5. The molecule has 0 aliphatic rings. The number of nitrogens with one attached hydrogen (secondary N) is 1. The number of esters is 1. The number of carbonyl (C=O) groups is 2. The highest BCUT2D eigenvalue weighted by atomic mass is 79.9. The Bertz CT molecular complexity index is 979. The Kier molecular flexibility index (Phi) is 5.38. The fourth-order valence-corrected chi connectivity index (χ4v) is 3.46. The van der Waals surface area contributed by atoms with Crippen molar-refractivity contribution in [3.05, 3.63) is 81.8 Å². The van der Waals surface area contributed by atoms with Gasteiger partial charge in [0.25, 0.3) is 5.91 Å². The molecular weight excluding hydrogens is 394 g/mol. The van der Waals surface area contributed by atoms with Crippen LogP contribution in [0.15, 0.2) is 65.1 Å². The monoisotopic (exact) mass is 411 g/mol. The molecule has 0 unspecified atom stereocenters. The summed E-state index contributed by atoms with van der Waals surface area (Å²) >= 11 is 3.32. The van der Waals surface area contributed by atoms with Crippen molar-refractivity contribution in [3.8, 4) is 0 Å². The fraction of sp³-hybridized carbons (Fsp3) is 0.143. The molecular formula is C21H18BrNO3. The number of halogens is 1. The van der Waals surface area contributed by atoms with Crippen LogP contribution in [0.25, 0.3) is 10.8 Å². The van der Waals surface area contributed by atoms with Gasteiger partial charge in [-0.25, -0.2) is 4.79 Å². The second-order valence-electron chi connectivity index (χ2n) is 5.95. The highest BCUT2D eigenvalue weighted by Gasteiger charge is 2.16. The number of ether oxygens (including phenoxy) is 1. The third-order valence-corrected chi connectivity index (χ3v) is 4.93. The van der Waals surface area contributed by atoms with Crippen LogP contribution in [0.3, 0.4) is 0 Å². The maximum atomic E-state index is 12.6. The molecule has 1 atom stereocenters. The van der Waals surface area contributed by atoms with Crippen LogP contribution in [0.5, 0.6) is 0 Å². The van der Waals surface area contributed by atoms with Gasteiger partial charge >= 0.3 is 5.97 Å². The maximum absolute atomic E-state index is 12.6. The summed E-state index contributed by atoms with van der Waals surface area (Å²) in [5, 5.41) is 5.27. The first-order valence-corrected chi connectivity index (χ1v) is 8.97. The molecule has 0 heterocycles. The lowest BCUT2D eigenvalue weighted by molar-refractivity contribution is 0.0599. The Hall–Kier alpha value is -2.66. The van der Waals surface area contributed by atoms with Gasteiger partial charge in [-0.1, -0.05) is 42.5 Å². The minimum Gasteiger partial charge on any atom is -0.465 e. The Labute approximate surface area is 160 Å². The Morgan fingerprint density at radius 1 is 1.04 bits per heavy atom. The molecule has 0 saturated heterocycles. The summed E-state index contributed by atoms with van der Waals surface area (Å²) in [7, 11) is 1.32. The standard InChI is InChI=1S/C21H18BrNO3/c1-13(16-9-5-7-14-6-3-4-8-17(14)16)23-20(24)15-10-11-18(19(22)12-15)21(25)26-2/h3-13H,1-2H3,(H,23,24)/t13-/m1/s1. The van der Waals surface area contributed by atoms with Crippen LogP contribution < -0.4 is 5.32 Å². The van der Waals surface area contributed by atoms with Crippen molar-refractivity contribution in [1.29, 1.82) is 0 Å². The molecule has 1 amide bonds. The van der Waals surface area contributed by atoms with Gasteiger partial charge in [-0.15, -0.1) is 0 Å². The van der Waals surface area contributed by atoms with Gasteiger partial charge in [0, 0.05) is 10.0 Å². The Morgan fingerprint density at radius 2 is 1.77 bits per heavy atom. The maximum Gasteiger partial charge on any atom is 0.339 e. The predicted molar refractivity (Wildman–Crippen MR) is 105 cm³/mol. The molecule has 0 aliphatic carbocycles. The zero-order valence-corrected chi connectivity index (χ0v) is 16.0. The van der Waals surface area contributed by atoms with Crippen molar-refractivity contribution in [1.82, 2.24) is 5.32 Å². The molecule has 3 rings (SSSR count).